The smallest absolute Gasteiger partial charge is 0.308 e. The molecule has 2 amide bonds. The monoisotopic (exact) mass is 316 g/mol. The van der Waals surface area contributed by atoms with E-state index >= 15 is 0 Å². The largest absolute Gasteiger partial charge is 0.459 e. The van der Waals surface area contributed by atoms with Crippen LogP contribution in [0.4, 0.5) is 5.69 Å². The number of para-hydroxylation sites is 1. The zero-order chi connectivity index (χ0) is 16.5. The van der Waals surface area contributed by atoms with Crippen molar-refractivity contribution in [3.05, 3.63) is 54.5 Å². The minimum atomic E-state index is -0.576. The van der Waals surface area contributed by atoms with Gasteiger partial charge in [0.2, 0.25) is 0 Å². The van der Waals surface area contributed by atoms with Crippen molar-refractivity contribution in [1.29, 1.82) is 0 Å². The quantitative estimate of drug-likeness (QED) is 0.756. The summed E-state index contributed by atoms with van der Waals surface area (Å²) in [5, 5.41) is 5.10. The fourth-order valence-corrected chi connectivity index (χ4v) is 1.71. The van der Waals surface area contributed by atoms with Crippen molar-refractivity contribution in [2.75, 3.05) is 18.5 Å². The summed E-state index contributed by atoms with van der Waals surface area (Å²) in [5.41, 5.74) is 0.624. The van der Waals surface area contributed by atoms with Crippen LogP contribution in [0.1, 0.15) is 17.0 Å². The number of nitrogens with one attached hydrogen (secondary N) is 2. The first-order valence-corrected chi connectivity index (χ1v) is 6.97. The second kappa shape index (κ2) is 8.38. The van der Waals surface area contributed by atoms with Crippen molar-refractivity contribution < 1.29 is 23.5 Å². The second-order valence-electron chi connectivity index (χ2n) is 4.56. The highest BCUT2D eigenvalue weighted by Crippen LogP contribution is 2.04. The fraction of sp³-hybridized carbons (Fsp3) is 0.188. The lowest BCUT2D eigenvalue weighted by atomic mass is 10.3. The van der Waals surface area contributed by atoms with Gasteiger partial charge in [0.05, 0.1) is 12.7 Å². The van der Waals surface area contributed by atoms with Gasteiger partial charge in [0.15, 0.2) is 12.4 Å². The number of carbonyl (C=O) groups excluding carboxylic acids is 3. The van der Waals surface area contributed by atoms with Gasteiger partial charge < -0.3 is 19.8 Å². The van der Waals surface area contributed by atoms with E-state index in [-0.39, 0.29) is 25.3 Å². The van der Waals surface area contributed by atoms with E-state index in [2.05, 4.69) is 10.6 Å². The number of rotatable bonds is 7. The summed E-state index contributed by atoms with van der Waals surface area (Å²) >= 11 is 0. The van der Waals surface area contributed by atoms with Crippen LogP contribution in [0.3, 0.4) is 0 Å². The van der Waals surface area contributed by atoms with Crippen molar-refractivity contribution in [1.82, 2.24) is 5.32 Å². The van der Waals surface area contributed by atoms with Crippen molar-refractivity contribution in [3.63, 3.8) is 0 Å². The van der Waals surface area contributed by atoms with Crippen molar-refractivity contribution in [2.24, 2.45) is 0 Å². The average molecular weight is 316 g/mol. The Morgan fingerprint density at radius 1 is 1.04 bits per heavy atom. The number of ether oxygens (including phenoxy) is 1. The van der Waals surface area contributed by atoms with Crippen LogP contribution in [0.5, 0.6) is 0 Å². The molecule has 0 aliphatic carbocycles. The first kappa shape index (κ1) is 16.3. The van der Waals surface area contributed by atoms with Crippen LogP contribution in [0.15, 0.2) is 53.1 Å². The van der Waals surface area contributed by atoms with E-state index in [1.54, 1.807) is 30.3 Å². The molecule has 0 radical (unpaired) electrons. The number of benzene rings is 1. The Balaban J connectivity index is 1.61. The zero-order valence-corrected chi connectivity index (χ0v) is 12.3. The Labute approximate surface area is 132 Å². The number of amides is 2. The lowest BCUT2D eigenvalue weighted by Gasteiger charge is -2.07. The standard InChI is InChI=1S/C16H16N2O5/c19-14(18-12-5-2-1-3-6-12)11-23-15(20)8-9-17-16(21)13-7-4-10-22-13/h1-7,10H,8-9,11H2,(H,17,21)(H,18,19). The SMILES string of the molecule is O=C(COC(=O)CCNC(=O)c1ccco1)Nc1ccccc1. The minimum Gasteiger partial charge on any atom is -0.459 e. The lowest BCUT2D eigenvalue weighted by Crippen LogP contribution is -2.27. The van der Waals surface area contributed by atoms with Gasteiger partial charge in [-0.05, 0) is 24.3 Å². The molecule has 0 atom stereocenters. The normalized spacial score (nSPS) is 9.91. The first-order valence-electron chi connectivity index (χ1n) is 6.97. The molecule has 0 saturated heterocycles. The van der Waals surface area contributed by atoms with Gasteiger partial charge in [-0.25, -0.2) is 0 Å². The molecule has 120 valence electrons. The summed E-state index contributed by atoms with van der Waals surface area (Å²) in [6, 6.07) is 11.9. The molecule has 0 aliphatic rings. The van der Waals surface area contributed by atoms with Gasteiger partial charge in [-0.15, -0.1) is 0 Å². The molecule has 0 saturated carbocycles. The Morgan fingerprint density at radius 3 is 2.52 bits per heavy atom. The third-order valence-electron chi connectivity index (χ3n) is 2.78. The van der Waals surface area contributed by atoms with Gasteiger partial charge >= 0.3 is 5.97 Å². The lowest BCUT2D eigenvalue weighted by molar-refractivity contribution is -0.147. The molecule has 7 nitrogen and oxygen atoms in total. The fourth-order valence-electron chi connectivity index (χ4n) is 1.71. The summed E-state index contributed by atoms with van der Waals surface area (Å²) in [4.78, 5) is 34.6. The van der Waals surface area contributed by atoms with E-state index in [0.717, 1.165) is 0 Å². The molecule has 1 aromatic heterocycles. The first-order chi connectivity index (χ1) is 11.1. The van der Waals surface area contributed by atoms with Gasteiger partial charge in [0, 0.05) is 12.2 Å². The molecule has 7 heteroatoms. The molecule has 2 N–H and O–H groups in total. The highest BCUT2D eigenvalue weighted by molar-refractivity contribution is 5.93. The summed E-state index contributed by atoms with van der Waals surface area (Å²) in [6.45, 7) is -0.279. The molecule has 0 aliphatic heterocycles. The number of anilines is 1. The molecule has 0 spiro atoms. The Bertz CT molecular complexity index is 652. The van der Waals surface area contributed by atoms with Crippen molar-refractivity contribution in [2.45, 2.75) is 6.42 Å². The minimum absolute atomic E-state index is 0.0366. The van der Waals surface area contributed by atoms with Crippen LogP contribution in [-0.2, 0) is 14.3 Å². The van der Waals surface area contributed by atoms with Gasteiger partial charge in [0.25, 0.3) is 11.8 Å². The summed E-state index contributed by atoms with van der Waals surface area (Å²) in [6.07, 6.45) is 1.35. The van der Waals surface area contributed by atoms with E-state index < -0.39 is 17.8 Å². The highest BCUT2D eigenvalue weighted by atomic mass is 16.5. The summed E-state index contributed by atoms with van der Waals surface area (Å²) in [7, 11) is 0. The van der Waals surface area contributed by atoms with Crippen LogP contribution in [0.25, 0.3) is 0 Å². The van der Waals surface area contributed by atoms with Crippen LogP contribution in [-0.4, -0.2) is 30.9 Å². The van der Waals surface area contributed by atoms with Gasteiger partial charge in [-0.3, -0.25) is 14.4 Å². The van der Waals surface area contributed by atoms with Crippen LogP contribution in [0, 0.1) is 0 Å². The third-order valence-corrected chi connectivity index (χ3v) is 2.78. The van der Waals surface area contributed by atoms with E-state index in [0.29, 0.717) is 5.69 Å². The molecule has 0 fully saturated rings. The summed E-state index contributed by atoms with van der Waals surface area (Å²) < 4.78 is 9.73. The molecular formula is C16H16N2O5. The number of hydrogen-bond donors (Lipinski definition) is 2. The van der Waals surface area contributed by atoms with E-state index in [1.165, 1.54) is 12.3 Å². The molecule has 2 aromatic rings. The molecule has 1 aromatic carbocycles. The Kier molecular flexibility index (Phi) is 5.93. The maximum atomic E-state index is 11.6. The van der Waals surface area contributed by atoms with Crippen LogP contribution >= 0.6 is 0 Å². The average Bonchev–Trinajstić information content (AvgIpc) is 3.08. The Hall–Kier alpha value is -3.09. The van der Waals surface area contributed by atoms with Gasteiger partial charge in [-0.1, -0.05) is 18.2 Å². The molecular weight excluding hydrogens is 300 g/mol. The van der Waals surface area contributed by atoms with Crippen molar-refractivity contribution >= 4 is 23.5 Å². The van der Waals surface area contributed by atoms with Crippen LogP contribution in [0.2, 0.25) is 0 Å². The number of esters is 1. The Morgan fingerprint density at radius 2 is 1.83 bits per heavy atom. The summed E-state index contributed by atoms with van der Waals surface area (Å²) in [5.74, 6) is -1.25. The predicted molar refractivity (Wildman–Crippen MR) is 81.7 cm³/mol. The molecule has 0 unspecified atom stereocenters. The number of carbonyl (C=O) groups is 3. The number of furan rings is 1. The molecule has 0 bridgehead atoms. The van der Waals surface area contributed by atoms with Crippen molar-refractivity contribution in [3.8, 4) is 0 Å². The predicted octanol–water partition coefficient (Wildman–Crippen LogP) is 1.58. The topological polar surface area (TPSA) is 97.6 Å². The number of hydrogen-bond acceptors (Lipinski definition) is 5. The third kappa shape index (κ3) is 5.66. The van der Waals surface area contributed by atoms with Gasteiger partial charge in [-0.2, -0.15) is 0 Å². The second-order valence-corrected chi connectivity index (χ2v) is 4.56. The molecule has 23 heavy (non-hydrogen) atoms. The van der Waals surface area contributed by atoms with E-state index in [9.17, 15) is 14.4 Å². The molecule has 1 heterocycles. The molecule has 2 rings (SSSR count). The van der Waals surface area contributed by atoms with Crippen LogP contribution < -0.4 is 10.6 Å². The van der Waals surface area contributed by atoms with Gasteiger partial charge in [0.1, 0.15) is 0 Å². The van der Waals surface area contributed by atoms with E-state index in [1.807, 2.05) is 6.07 Å². The van der Waals surface area contributed by atoms with E-state index in [4.69, 9.17) is 9.15 Å². The maximum absolute atomic E-state index is 11.6. The zero-order valence-electron chi connectivity index (χ0n) is 12.3. The highest BCUT2D eigenvalue weighted by Gasteiger charge is 2.10. The maximum Gasteiger partial charge on any atom is 0.308 e.